The van der Waals surface area contributed by atoms with Crippen molar-refractivity contribution in [3.05, 3.63) is 29.8 Å². The van der Waals surface area contributed by atoms with Crippen molar-refractivity contribution in [3.8, 4) is 17.1 Å². The van der Waals surface area contributed by atoms with Gasteiger partial charge in [-0.25, -0.2) is 9.18 Å². The number of amides is 1. The molecular weight excluding hydrogens is 339 g/mol. The lowest BCUT2D eigenvalue weighted by Gasteiger charge is -2.39. The Bertz CT molecular complexity index is 803. The van der Waals surface area contributed by atoms with Crippen molar-refractivity contribution in [2.24, 2.45) is 7.05 Å². The molecular formula is C18H23FN4O3. The van der Waals surface area contributed by atoms with Gasteiger partial charge >= 0.3 is 6.09 Å². The Morgan fingerprint density at radius 2 is 2.00 bits per heavy atom. The minimum absolute atomic E-state index is 0.115. The Balaban J connectivity index is 1.67. The fourth-order valence-corrected chi connectivity index (χ4v) is 2.72. The Morgan fingerprint density at radius 1 is 1.31 bits per heavy atom. The van der Waals surface area contributed by atoms with Crippen LogP contribution in [-0.4, -0.2) is 50.6 Å². The molecule has 0 bridgehead atoms. The van der Waals surface area contributed by atoms with E-state index >= 15 is 0 Å². The second kappa shape index (κ2) is 6.59. The van der Waals surface area contributed by atoms with E-state index in [9.17, 15) is 9.18 Å². The summed E-state index contributed by atoms with van der Waals surface area (Å²) < 4.78 is 26.8. The lowest BCUT2D eigenvalue weighted by molar-refractivity contribution is -0.0229. The Labute approximate surface area is 151 Å². The van der Waals surface area contributed by atoms with Crippen LogP contribution in [0.3, 0.4) is 0 Å². The highest BCUT2D eigenvalue weighted by Crippen LogP contribution is 2.28. The average molecular weight is 362 g/mol. The number of aromatic nitrogens is 3. The molecule has 0 aliphatic carbocycles. The average Bonchev–Trinajstić information content (AvgIpc) is 2.81. The molecule has 1 amide bonds. The minimum Gasteiger partial charge on any atom is -0.483 e. The summed E-state index contributed by atoms with van der Waals surface area (Å²) in [4.78, 5) is 17.6. The van der Waals surface area contributed by atoms with E-state index in [0.717, 1.165) is 17.5 Å². The SMILES string of the molecule is Cc1cnn(C)c1-c1cc(OC2CN(C(=O)OC(C)(C)C)C2)c(F)cn1. The number of carbonyl (C=O) groups is 1. The van der Waals surface area contributed by atoms with Gasteiger partial charge in [0.05, 0.1) is 36.9 Å². The van der Waals surface area contributed by atoms with Gasteiger partial charge in [0.2, 0.25) is 0 Å². The van der Waals surface area contributed by atoms with E-state index in [1.54, 1.807) is 24.0 Å². The maximum atomic E-state index is 14.1. The maximum Gasteiger partial charge on any atom is 0.410 e. The van der Waals surface area contributed by atoms with Crippen molar-refractivity contribution >= 4 is 6.09 Å². The van der Waals surface area contributed by atoms with Crippen molar-refractivity contribution in [2.45, 2.75) is 39.4 Å². The van der Waals surface area contributed by atoms with E-state index in [4.69, 9.17) is 9.47 Å². The number of hydrogen-bond acceptors (Lipinski definition) is 5. The van der Waals surface area contributed by atoms with Gasteiger partial charge in [0, 0.05) is 13.1 Å². The zero-order valence-corrected chi connectivity index (χ0v) is 15.6. The first-order valence-corrected chi connectivity index (χ1v) is 8.43. The number of likely N-dealkylation sites (tertiary alicyclic amines) is 1. The highest BCUT2D eigenvalue weighted by atomic mass is 19.1. The molecule has 3 heterocycles. The topological polar surface area (TPSA) is 69.5 Å². The fourth-order valence-electron chi connectivity index (χ4n) is 2.72. The monoisotopic (exact) mass is 362 g/mol. The Morgan fingerprint density at radius 3 is 2.58 bits per heavy atom. The van der Waals surface area contributed by atoms with Gasteiger partial charge < -0.3 is 14.4 Å². The van der Waals surface area contributed by atoms with Crippen LogP contribution >= 0.6 is 0 Å². The predicted molar refractivity (Wildman–Crippen MR) is 93.4 cm³/mol. The van der Waals surface area contributed by atoms with Crippen LogP contribution in [0.25, 0.3) is 11.4 Å². The largest absolute Gasteiger partial charge is 0.483 e. The van der Waals surface area contributed by atoms with Crippen molar-refractivity contribution in [2.75, 3.05) is 13.1 Å². The molecule has 8 heteroatoms. The molecule has 7 nitrogen and oxygen atoms in total. The van der Waals surface area contributed by atoms with Crippen LogP contribution in [0.5, 0.6) is 5.75 Å². The molecule has 1 saturated heterocycles. The lowest BCUT2D eigenvalue weighted by Crippen LogP contribution is -2.57. The first kappa shape index (κ1) is 18.2. The van der Waals surface area contributed by atoms with Gasteiger partial charge in [-0.1, -0.05) is 0 Å². The summed E-state index contributed by atoms with van der Waals surface area (Å²) in [6.45, 7) is 8.07. The van der Waals surface area contributed by atoms with E-state index in [-0.39, 0.29) is 11.9 Å². The summed E-state index contributed by atoms with van der Waals surface area (Å²) in [6.07, 6.45) is 2.20. The molecule has 0 saturated carbocycles. The second-order valence-corrected chi connectivity index (χ2v) is 7.42. The fraction of sp³-hybridized carbons (Fsp3) is 0.500. The molecule has 26 heavy (non-hydrogen) atoms. The van der Waals surface area contributed by atoms with Crippen LogP contribution in [0.15, 0.2) is 18.5 Å². The van der Waals surface area contributed by atoms with Gasteiger partial charge in [-0.05, 0) is 33.3 Å². The lowest BCUT2D eigenvalue weighted by atomic mass is 10.1. The van der Waals surface area contributed by atoms with Crippen LogP contribution in [0, 0.1) is 12.7 Å². The number of rotatable bonds is 3. The normalized spacial score (nSPS) is 14.9. The van der Waals surface area contributed by atoms with Crippen molar-refractivity contribution in [3.63, 3.8) is 0 Å². The molecule has 0 atom stereocenters. The number of halogens is 1. The molecule has 1 aliphatic heterocycles. The quantitative estimate of drug-likeness (QED) is 0.840. The van der Waals surface area contributed by atoms with Crippen LogP contribution in [0.4, 0.5) is 9.18 Å². The molecule has 0 aromatic carbocycles. The molecule has 0 unspecified atom stereocenters. The molecule has 0 radical (unpaired) electrons. The summed E-state index contributed by atoms with van der Waals surface area (Å²) in [6, 6.07) is 1.56. The standard InChI is InChI=1S/C18H23FN4O3/c1-11-7-21-22(5)16(11)14-6-15(13(19)8-20-14)25-12-9-23(10-12)17(24)26-18(2,3)4/h6-8,12H,9-10H2,1-5H3. The van der Waals surface area contributed by atoms with E-state index in [0.29, 0.717) is 18.8 Å². The van der Waals surface area contributed by atoms with Crippen LogP contribution in [0.1, 0.15) is 26.3 Å². The van der Waals surface area contributed by atoms with Gasteiger partial charge in [-0.2, -0.15) is 5.10 Å². The third-order valence-corrected chi connectivity index (χ3v) is 3.98. The Hall–Kier alpha value is -2.64. The number of nitrogens with zero attached hydrogens (tertiary/aromatic N) is 4. The number of hydrogen-bond donors (Lipinski definition) is 0. The van der Waals surface area contributed by atoms with E-state index < -0.39 is 17.5 Å². The van der Waals surface area contributed by atoms with Crippen molar-refractivity contribution in [1.29, 1.82) is 0 Å². The van der Waals surface area contributed by atoms with Crippen molar-refractivity contribution < 1.29 is 18.7 Å². The summed E-state index contributed by atoms with van der Waals surface area (Å²) in [7, 11) is 1.80. The zero-order valence-electron chi connectivity index (χ0n) is 15.6. The van der Waals surface area contributed by atoms with Crippen molar-refractivity contribution in [1.82, 2.24) is 19.7 Å². The maximum absolute atomic E-state index is 14.1. The molecule has 0 N–H and O–H groups in total. The number of aryl methyl sites for hydroxylation is 2. The first-order chi connectivity index (χ1) is 12.1. The second-order valence-electron chi connectivity index (χ2n) is 7.42. The number of carbonyl (C=O) groups excluding carboxylic acids is 1. The number of pyridine rings is 1. The van der Waals surface area contributed by atoms with Gasteiger partial charge in [0.25, 0.3) is 0 Å². The van der Waals surface area contributed by atoms with Crippen LogP contribution < -0.4 is 4.74 Å². The van der Waals surface area contributed by atoms with E-state index in [2.05, 4.69) is 10.1 Å². The van der Waals surface area contributed by atoms with Gasteiger partial charge in [-0.3, -0.25) is 9.67 Å². The van der Waals surface area contributed by atoms with Crippen LogP contribution in [0.2, 0.25) is 0 Å². The third-order valence-electron chi connectivity index (χ3n) is 3.98. The number of ether oxygens (including phenoxy) is 2. The Kier molecular flexibility index (Phi) is 4.60. The molecule has 2 aromatic rings. The van der Waals surface area contributed by atoms with E-state index in [1.165, 1.54) is 4.90 Å². The first-order valence-electron chi connectivity index (χ1n) is 8.43. The van der Waals surface area contributed by atoms with Gasteiger partial charge in [-0.15, -0.1) is 0 Å². The zero-order chi connectivity index (χ0) is 19.1. The molecule has 3 rings (SSSR count). The molecule has 1 fully saturated rings. The van der Waals surface area contributed by atoms with E-state index in [1.807, 2.05) is 27.7 Å². The molecule has 140 valence electrons. The molecule has 2 aromatic heterocycles. The summed E-state index contributed by atoms with van der Waals surface area (Å²) in [5, 5.41) is 4.18. The smallest absolute Gasteiger partial charge is 0.410 e. The molecule has 0 spiro atoms. The van der Waals surface area contributed by atoms with Gasteiger partial charge in [0.1, 0.15) is 11.7 Å². The third kappa shape index (κ3) is 3.79. The van der Waals surface area contributed by atoms with Gasteiger partial charge in [0.15, 0.2) is 11.6 Å². The predicted octanol–water partition coefficient (Wildman–Crippen LogP) is 2.93. The summed E-state index contributed by atoms with van der Waals surface area (Å²) in [5.41, 5.74) is 1.79. The minimum atomic E-state index is -0.546. The highest BCUT2D eigenvalue weighted by Gasteiger charge is 2.35. The highest BCUT2D eigenvalue weighted by molar-refractivity contribution is 5.69. The summed E-state index contributed by atoms with van der Waals surface area (Å²) >= 11 is 0. The van der Waals surface area contributed by atoms with Crippen LogP contribution in [-0.2, 0) is 11.8 Å². The summed E-state index contributed by atoms with van der Waals surface area (Å²) in [5.74, 6) is -0.422. The molecule has 1 aliphatic rings.